The Hall–Kier alpha value is -3.33. The van der Waals surface area contributed by atoms with E-state index in [2.05, 4.69) is 123 Å². The third-order valence-corrected chi connectivity index (χ3v) is 14.7. The van der Waals surface area contributed by atoms with Crippen LogP contribution in [0.3, 0.4) is 0 Å². The Morgan fingerprint density at radius 3 is 1.06 bits per heavy atom. The Labute approximate surface area is 493 Å². The number of carbonyl (C=O) groups excluding carboxylic acids is 2. The van der Waals surface area contributed by atoms with Crippen LogP contribution in [0.15, 0.2) is 109 Å². The molecule has 0 rings (SSSR count). The van der Waals surface area contributed by atoms with Gasteiger partial charge in [0.15, 0.2) is 6.10 Å². The number of allylic oxidation sites excluding steroid dienone is 18. The number of unbranched alkanes of at least 4 members (excludes halogenated alkanes) is 27. The van der Waals surface area contributed by atoms with E-state index in [0.29, 0.717) is 23.9 Å². The molecule has 0 heterocycles. The highest BCUT2D eigenvalue weighted by Gasteiger charge is 2.22. The molecular formula is C70H122NO8P. The van der Waals surface area contributed by atoms with Crippen LogP contribution in [0.4, 0.5) is 0 Å². The zero-order valence-corrected chi connectivity index (χ0v) is 53.1. The fourth-order valence-electron chi connectivity index (χ4n) is 8.79. The molecule has 0 aliphatic carbocycles. The molecule has 0 aromatic carbocycles. The van der Waals surface area contributed by atoms with Crippen molar-refractivity contribution < 1.29 is 42.1 Å². The number of nitrogens with zero attached hydrogens (tertiary/aromatic N) is 1. The van der Waals surface area contributed by atoms with E-state index < -0.39 is 32.5 Å². The van der Waals surface area contributed by atoms with Crippen molar-refractivity contribution in [1.29, 1.82) is 0 Å². The van der Waals surface area contributed by atoms with Gasteiger partial charge in [0.05, 0.1) is 27.7 Å². The molecule has 0 spiro atoms. The first-order chi connectivity index (χ1) is 39.0. The number of ether oxygens (including phenoxy) is 2. The molecule has 0 fully saturated rings. The van der Waals surface area contributed by atoms with Gasteiger partial charge in [0.2, 0.25) is 0 Å². The molecule has 0 aliphatic rings. The maximum atomic E-state index is 12.8. The van der Waals surface area contributed by atoms with E-state index in [1.807, 2.05) is 21.1 Å². The molecule has 0 aromatic rings. The Bertz CT molecular complexity index is 1720. The van der Waals surface area contributed by atoms with E-state index in [0.717, 1.165) is 96.3 Å². The Balaban J connectivity index is 4.09. The summed E-state index contributed by atoms with van der Waals surface area (Å²) in [6.07, 6.45) is 84.3. The lowest BCUT2D eigenvalue weighted by Crippen LogP contribution is -2.37. The number of hydrogen-bond acceptors (Lipinski definition) is 8. The first kappa shape index (κ1) is 76.7. The zero-order valence-electron chi connectivity index (χ0n) is 52.2. The molecule has 0 saturated heterocycles. The van der Waals surface area contributed by atoms with Crippen LogP contribution in [-0.2, 0) is 32.7 Å². The minimum absolute atomic E-state index is 0.0368. The van der Waals surface area contributed by atoms with Gasteiger partial charge in [-0.05, 0) is 103 Å². The Kier molecular flexibility index (Phi) is 57.8. The highest BCUT2D eigenvalue weighted by molar-refractivity contribution is 7.45. The molecule has 0 N–H and O–H groups in total. The van der Waals surface area contributed by atoms with Crippen molar-refractivity contribution in [3.63, 3.8) is 0 Å². The van der Waals surface area contributed by atoms with E-state index in [-0.39, 0.29) is 26.1 Å². The summed E-state index contributed by atoms with van der Waals surface area (Å²) >= 11 is 0. The number of carbonyl (C=O) groups is 2. The van der Waals surface area contributed by atoms with E-state index in [4.69, 9.17) is 18.5 Å². The first-order valence-electron chi connectivity index (χ1n) is 32.6. The number of quaternary nitrogens is 1. The van der Waals surface area contributed by atoms with Crippen molar-refractivity contribution >= 4 is 19.8 Å². The normalized spacial score (nSPS) is 13.9. The lowest BCUT2D eigenvalue weighted by Gasteiger charge is -2.28. The minimum Gasteiger partial charge on any atom is -0.756 e. The number of esters is 2. The van der Waals surface area contributed by atoms with Crippen molar-refractivity contribution in [1.82, 2.24) is 0 Å². The van der Waals surface area contributed by atoms with Gasteiger partial charge in [-0.25, -0.2) is 0 Å². The molecule has 9 nitrogen and oxygen atoms in total. The molecule has 0 bridgehead atoms. The van der Waals surface area contributed by atoms with Gasteiger partial charge in [0.1, 0.15) is 19.8 Å². The average Bonchev–Trinajstić information content (AvgIpc) is 3.42. The maximum absolute atomic E-state index is 12.8. The van der Waals surface area contributed by atoms with Crippen molar-refractivity contribution in [2.45, 2.75) is 277 Å². The Morgan fingerprint density at radius 1 is 0.400 bits per heavy atom. The van der Waals surface area contributed by atoms with E-state index >= 15 is 0 Å². The number of rotatable bonds is 59. The number of phosphoric acid groups is 1. The summed E-state index contributed by atoms with van der Waals surface area (Å²) in [6.45, 7) is 4.11. The van der Waals surface area contributed by atoms with Crippen LogP contribution < -0.4 is 4.89 Å². The van der Waals surface area contributed by atoms with Gasteiger partial charge in [0.25, 0.3) is 7.82 Å². The summed E-state index contributed by atoms with van der Waals surface area (Å²) in [7, 11) is 1.15. The molecule has 2 atom stereocenters. The maximum Gasteiger partial charge on any atom is 0.306 e. The summed E-state index contributed by atoms with van der Waals surface area (Å²) in [6, 6.07) is 0. The molecule has 0 saturated carbocycles. The van der Waals surface area contributed by atoms with E-state index in [9.17, 15) is 19.0 Å². The van der Waals surface area contributed by atoms with Gasteiger partial charge in [-0.2, -0.15) is 0 Å². The number of hydrogen-bond donors (Lipinski definition) is 0. The predicted molar refractivity (Wildman–Crippen MR) is 342 cm³/mol. The quantitative estimate of drug-likeness (QED) is 0.0195. The molecule has 0 radical (unpaired) electrons. The van der Waals surface area contributed by atoms with Crippen molar-refractivity contribution in [2.75, 3.05) is 47.5 Å². The predicted octanol–water partition coefficient (Wildman–Crippen LogP) is 20.3. The molecule has 0 aromatic heterocycles. The summed E-state index contributed by atoms with van der Waals surface area (Å²) in [4.78, 5) is 38.0. The monoisotopic (exact) mass is 1140 g/mol. The molecule has 460 valence electrons. The van der Waals surface area contributed by atoms with E-state index in [1.54, 1.807) is 0 Å². The smallest absolute Gasteiger partial charge is 0.306 e. The second-order valence-electron chi connectivity index (χ2n) is 22.7. The lowest BCUT2D eigenvalue weighted by molar-refractivity contribution is -0.870. The van der Waals surface area contributed by atoms with Gasteiger partial charge < -0.3 is 27.9 Å². The summed E-state index contributed by atoms with van der Waals surface area (Å²) in [5.41, 5.74) is 0. The molecule has 0 amide bonds. The van der Waals surface area contributed by atoms with Gasteiger partial charge >= 0.3 is 11.9 Å². The number of phosphoric ester groups is 1. The van der Waals surface area contributed by atoms with Crippen LogP contribution in [0.25, 0.3) is 0 Å². The SMILES string of the molecule is CC/C=C\C/C=C\C/C=C\C/C=C\C/C=C\C/C=C\CCCCCCCCCCCCCCCCCCC(=O)OC(COC(=O)CCCCCCCC/C=C\C/C=C\C/C=C\CCCCCCC)COP(=O)([O-])OCC[N+](C)(C)C. The van der Waals surface area contributed by atoms with Crippen LogP contribution in [0.5, 0.6) is 0 Å². The van der Waals surface area contributed by atoms with Crippen molar-refractivity contribution in [2.24, 2.45) is 0 Å². The van der Waals surface area contributed by atoms with Crippen LogP contribution >= 0.6 is 7.82 Å². The summed E-state index contributed by atoms with van der Waals surface area (Å²) in [5, 5.41) is 0. The largest absolute Gasteiger partial charge is 0.756 e. The molecular weight excluding hydrogens is 1010 g/mol. The highest BCUT2D eigenvalue weighted by Crippen LogP contribution is 2.38. The molecule has 2 unspecified atom stereocenters. The molecule has 80 heavy (non-hydrogen) atoms. The van der Waals surface area contributed by atoms with Crippen LogP contribution in [0.1, 0.15) is 271 Å². The van der Waals surface area contributed by atoms with E-state index in [1.165, 1.54) is 135 Å². The number of likely N-dealkylation sites (N-methyl/N-ethyl adjacent to an activating group) is 1. The van der Waals surface area contributed by atoms with Crippen LogP contribution in [-0.4, -0.2) is 70.0 Å². The third-order valence-electron chi connectivity index (χ3n) is 13.8. The summed E-state index contributed by atoms with van der Waals surface area (Å²) < 4.78 is 34.2. The van der Waals surface area contributed by atoms with Crippen LogP contribution in [0.2, 0.25) is 0 Å². The van der Waals surface area contributed by atoms with Crippen molar-refractivity contribution in [3.8, 4) is 0 Å². The summed E-state index contributed by atoms with van der Waals surface area (Å²) in [5.74, 6) is -0.846. The second kappa shape index (κ2) is 60.3. The first-order valence-corrected chi connectivity index (χ1v) is 34.1. The van der Waals surface area contributed by atoms with Gasteiger partial charge in [-0.1, -0.05) is 264 Å². The van der Waals surface area contributed by atoms with Crippen molar-refractivity contribution in [3.05, 3.63) is 109 Å². The lowest BCUT2D eigenvalue weighted by atomic mass is 10.0. The zero-order chi connectivity index (χ0) is 58.4. The fraction of sp³-hybridized carbons (Fsp3) is 0.714. The van der Waals surface area contributed by atoms with Gasteiger partial charge in [0, 0.05) is 12.8 Å². The second-order valence-corrected chi connectivity index (χ2v) is 24.2. The third kappa shape index (κ3) is 63.8. The molecule has 0 aliphatic heterocycles. The van der Waals surface area contributed by atoms with Crippen LogP contribution in [0, 0.1) is 0 Å². The molecule has 10 heteroatoms. The minimum atomic E-state index is -4.65. The fourth-order valence-corrected chi connectivity index (χ4v) is 9.51. The topological polar surface area (TPSA) is 111 Å². The highest BCUT2D eigenvalue weighted by atomic mass is 31.2. The van der Waals surface area contributed by atoms with Gasteiger partial charge in [-0.15, -0.1) is 0 Å². The standard InChI is InChI=1S/C70H122NO8P/c1-6-8-10-12-14-16-18-20-22-24-26-28-29-30-31-32-33-34-35-36-37-38-39-40-41-43-45-47-49-51-53-55-57-59-61-63-70(73)79-68(67-78-80(74,75)77-65-64-71(3,4)5)66-76-69(72)62-60-58-56-54-52-50-48-46-44-42-27-25-23-21-19-17-15-13-11-9-7-2/h8,10,14,16,19-22,25-28,30-31,33-34,44,46,68H,6-7,9,11-13,15,17-18,23-24,29,32,35-43,45,47-67H2,1-5H3/b10-8-,16-14-,21-19-,22-20-,27-25-,28-26-,31-30-,34-33-,46-44-. The Morgan fingerprint density at radius 2 is 0.713 bits per heavy atom. The van der Waals surface area contributed by atoms with Gasteiger partial charge in [-0.3, -0.25) is 14.2 Å². The average molecular weight is 1140 g/mol.